The van der Waals surface area contributed by atoms with Crippen LogP contribution >= 0.6 is 0 Å². The quantitative estimate of drug-likeness (QED) is 0.471. The molecule has 2 heteroatoms. The minimum atomic E-state index is -0.154. The first kappa shape index (κ1) is 14.7. The average Bonchev–Trinajstić information content (AvgIpc) is 2.27. The largest absolute Gasteiger partial charge is 0.377 e. The Morgan fingerprint density at radius 3 is 2.53 bits per heavy atom. The van der Waals surface area contributed by atoms with Gasteiger partial charge in [0.2, 0.25) is 0 Å². The maximum Gasteiger partial charge on any atom is 0.0798 e. The highest BCUT2D eigenvalue weighted by atomic mass is 16.5. The van der Waals surface area contributed by atoms with Gasteiger partial charge in [0.1, 0.15) is 0 Å². The molecule has 2 nitrogen and oxygen atoms in total. The van der Waals surface area contributed by atoms with E-state index in [-0.39, 0.29) is 11.6 Å². The van der Waals surface area contributed by atoms with E-state index in [9.17, 15) is 0 Å². The van der Waals surface area contributed by atoms with Crippen molar-refractivity contribution in [3.63, 3.8) is 0 Å². The van der Waals surface area contributed by atoms with Crippen molar-refractivity contribution < 1.29 is 4.74 Å². The van der Waals surface area contributed by atoms with Crippen molar-refractivity contribution in [1.82, 2.24) is 0 Å². The Hall–Kier alpha value is -0.340. The molecule has 2 atom stereocenters. The van der Waals surface area contributed by atoms with Crippen molar-refractivity contribution in [3.8, 4) is 0 Å². The third-order valence-electron chi connectivity index (χ3n) is 3.38. The fourth-order valence-corrected chi connectivity index (χ4v) is 1.69. The summed E-state index contributed by atoms with van der Waals surface area (Å²) < 4.78 is 5.49. The van der Waals surface area contributed by atoms with Crippen molar-refractivity contribution in [3.05, 3.63) is 12.7 Å². The maximum atomic E-state index is 6.14. The van der Waals surface area contributed by atoms with E-state index < -0.39 is 0 Å². The Bertz CT molecular complexity index is 164. The highest BCUT2D eigenvalue weighted by Gasteiger charge is 2.28. The van der Waals surface area contributed by atoms with Gasteiger partial charge in [-0.15, -0.1) is 6.58 Å². The summed E-state index contributed by atoms with van der Waals surface area (Å²) in [7, 11) is 1.75. The van der Waals surface area contributed by atoms with Gasteiger partial charge >= 0.3 is 0 Å². The zero-order valence-electron chi connectivity index (χ0n) is 10.6. The third kappa shape index (κ3) is 5.33. The maximum absolute atomic E-state index is 6.14. The third-order valence-corrected chi connectivity index (χ3v) is 3.38. The molecule has 15 heavy (non-hydrogen) atoms. The first-order valence-electron chi connectivity index (χ1n) is 6.02. The molecule has 0 saturated carbocycles. The first-order valence-corrected chi connectivity index (χ1v) is 6.02. The zero-order chi connectivity index (χ0) is 11.7. The first-order chi connectivity index (χ1) is 7.10. The molecule has 0 amide bonds. The number of hydrogen-bond donors (Lipinski definition) is 1. The molecule has 0 radical (unpaired) electrons. The lowest BCUT2D eigenvalue weighted by Crippen LogP contribution is -2.46. The molecule has 2 N–H and O–H groups in total. The standard InChI is InChI=1S/C13H27NO/c1-5-7-8-9-10-11-12(14)13(3,6-2)15-4/h5,12H,1,6-11,14H2,2-4H3. The van der Waals surface area contributed by atoms with Crippen molar-refractivity contribution in [1.29, 1.82) is 0 Å². The number of allylic oxidation sites excluding steroid dienone is 1. The molecule has 2 unspecified atom stereocenters. The minimum absolute atomic E-state index is 0.149. The Morgan fingerprint density at radius 2 is 2.07 bits per heavy atom. The van der Waals surface area contributed by atoms with Crippen LogP contribution in [0.3, 0.4) is 0 Å². The van der Waals surface area contributed by atoms with E-state index in [0.717, 1.165) is 19.3 Å². The summed E-state index contributed by atoms with van der Waals surface area (Å²) in [4.78, 5) is 0. The molecule has 0 aromatic heterocycles. The fourth-order valence-electron chi connectivity index (χ4n) is 1.69. The van der Waals surface area contributed by atoms with Gasteiger partial charge in [0, 0.05) is 13.2 Å². The van der Waals surface area contributed by atoms with Crippen LogP contribution in [-0.2, 0) is 4.74 Å². The van der Waals surface area contributed by atoms with Crippen LogP contribution in [0.2, 0.25) is 0 Å². The molecule has 0 fully saturated rings. The number of rotatable bonds is 9. The van der Waals surface area contributed by atoms with Crippen LogP contribution in [0.25, 0.3) is 0 Å². The van der Waals surface area contributed by atoms with E-state index in [1.807, 2.05) is 6.08 Å². The summed E-state index contributed by atoms with van der Waals surface area (Å²) in [6.45, 7) is 7.94. The highest BCUT2D eigenvalue weighted by Crippen LogP contribution is 2.21. The second-order valence-corrected chi connectivity index (χ2v) is 4.40. The van der Waals surface area contributed by atoms with Gasteiger partial charge < -0.3 is 10.5 Å². The van der Waals surface area contributed by atoms with Crippen molar-refractivity contribution >= 4 is 0 Å². The van der Waals surface area contributed by atoms with Crippen LogP contribution in [-0.4, -0.2) is 18.8 Å². The lowest BCUT2D eigenvalue weighted by Gasteiger charge is -2.33. The molecule has 0 spiro atoms. The Balaban J connectivity index is 3.71. The lowest BCUT2D eigenvalue weighted by atomic mass is 9.90. The van der Waals surface area contributed by atoms with Crippen LogP contribution in [0.15, 0.2) is 12.7 Å². The van der Waals surface area contributed by atoms with Crippen LogP contribution in [0.1, 0.15) is 52.4 Å². The Labute approximate surface area is 94.9 Å². The topological polar surface area (TPSA) is 35.2 Å². The monoisotopic (exact) mass is 213 g/mol. The van der Waals surface area contributed by atoms with Gasteiger partial charge in [-0.3, -0.25) is 0 Å². The van der Waals surface area contributed by atoms with Gasteiger partial charge in [0.25, 0.3) is 0 Å². The molecule has 0 bridgehead atoms. The normalized spacial score (nSPS) is 17.1. The predicted molar refractivity (Wildman–Crippen MR) is 67.0 cm³/mol. The van der Waals surface area contributed by atoms with Crippen LogP contribution in [0.5, 0.6) is 0 Å². The summed E-state index contributed by atoms with van der Waals surface area (Å²) in [5.74, 6) is 0. The fraction of sp³-hybridized carbons (Fsp3) is 0.846. The van der Waals surface area contributed by atoms with Crippen molar-refractivity contribution in [2.24, 2.45) is 5.73 Å². The van der Waals surface area contributed by atoms with E-state index in [0.29, 0.717) is 0 Å². The number of nitrogens with two attached hydrogens (primary N) is 1. The summed E-state index contributed by atoms with van der Waals surface area (Å²) in [5.41, 5.74) is 5.99. The molecule has 0 saturated heterocycles. The minimum Gasteiger partial charge on any atom is -0.377 e. The molecule has 0 aliphatic carbocycles. The van der Waals surface area contributed by atoms with Gasteiger partial charge in [-0.25, -0.2) is 0 Å². The summed E-state index contributed by atoms with van der Waals surface area (Å²) in [6, 6.07) is 0.149. The summed E-state index contributed by atoms with van der Waals surface area (Å²) in [6.07, 6.45) is 8.77. The predicted octanol–water partition coefficient (Wildman–Crippen LogP) is 3.27. The van der Waals surface area contributed by atoms with Gasteiger partial charge in [0.15, 0.2) is 0 Å². The summed E-state index contributed by atoms with van der Waals surface area (Å²) >= 11 is 0. The number of methoxy groups -OCH3 is 1. The van der Waals surface area contributed by atoms with Crippen LogP contribution < -0.4 is 5.73 Å². The number of ether oxygens (including phenoxy) is 1. The Kier molecular flexibility index (Phi) is 7.71. The van der Waals surface area contributed by atoms with Crippen molar-refractivity contribution in [2.45, 2.75) is 64.0 Å². The van der Waals surface area contributed by atoms with E-state index in [1.54, 1.807) is 7.11 Å². The van der Waals surface area contributed by atoms with E-state index in [2.05, 4.69) is 20.4 Å². The SMILES string of the molecule is C=CCCCCCC(N)C(C)(CC)OC. The van der Waals surface area contributed by atoms with Gasteiger partial charge in [-0.1, -0.05) is 25.8 Å². The van der Waals surface area contributed by atoms with Crippen LogP contribution in [0.4, 0.5) is 0 Å². The van der Waals surface area contributed by atoms with Crippen molar-refractivity contribution in [2.75, 3.05) is 7.11 Å². The van der Waals surface area contributed by atoms with Crippen LogP contribution in [0, 0.1) is 0 Å². The van der Waals surface area contributed by atoms with Gasteiger partial charge in [-0.2, -0.15) is 0 Å². The molecular formula is C13H27NO. The van der Waals surface area contributed by atoms with E-state index in [4.69, 9.17) is 10.5 Å². The Morgan fingerprint density at radius 1 is 1.40 bits per heavy atom. The molecule has 0 heterocycles. The molecule has 0 rings (SSSR count). The van der Waals surface area contributed by atoms with Gasteiger partial charge in [-0.05, 0) is 32.6 Å². The smallest absolute Gasteiger partial charge is 0.0798 e. The number of hydrogen-bond acceptors (Lipinski definition) is 2. The molecule has 90 valence electrons. The molecule has 0 aliphatic rings. The molecule has 0 aromatic rings. The summed E-state index contributed by atoms with van der Waals surface area (Å²) in [5, 5.41) is 0. The second-order valence-electron chi connectivity index (χ2n) is 4.40. The van der Waals surface area contributed by atoms with Gasteiger partial charge in [0.05, 0.1) is 5.60 Å². The lowest BCUT2D eigenvalue weighted by molar-refractivity contribution is -0.0211. The number of unbranched alkanes of at least 4 members (excludes halogenated alkanes) is 3. The average molecular weight is 213 g/mol. The van der Waals surface area contributed by atoms with E-state index in [1.165, 1.54) is 19.3 Å². The molecule has 0 aromatic carbocycles. The molecular weight excluding hydrogens is 186 g/mol. The van der Waals surface area contributed by atoms with E-state index >= 15 is 0 Å². The zero-order valence-corrected chi connectivity index (χ0v) is 10.6. The second kappa shape index (κ2) is 7.89. The molecule has 0 aliphatic heterocycles. The highest BCUT2D eigenvalue weighted by molar-refractivity contribution is 4.85.